The Morgan fingerprint density at radius 2 is 1.81 bits per heavy atom. The first-order valence-corrected chi connectivity index (χ1v) is 12.9. The zero-order chi connectivity index (χ0) is 27.5. The minimum Gasteiger partial charge on any atom is -0.365 e. The van der Waals surface area contributed by atoms with Gasteiger partial charge in [-0.25, -0.2) is 13.4 Å². The van der Waals surface area contributed by atoms with Crippen molar-refractivity contribution in [1.29, 1.82) is 0 Å². The van der Waals surface area contributed by atoms with Crippen LogP contribution in [0, 0.1) is 13.8 Å². The third-order valence-electron chi connectivity index (χ3n) is 5.41. The molecule has 1 aromatic heterocycles. The number of sulfonamides is 1. The quantitative estimate of drug-likeness (QED) is 0.378. The van der Waals surface area contributed by atoms with Crippen LogP contribution in [0.5, 0.6) is 0 Å². The van der Waals surface area contributed by atoms with Crippen molar-refractivity contribution in [3.8, 4) is 0 Å². The van der Waals surface area contributed by atoms with Gasteiger partial charge in [-0.3, -0.25) is 9.10 Å². The number of aryl methyl sites for hydroxylation is 2. The molecule has 2 aromatic carbocycles. The number of amides is 1. The molecule has 0 aliphatic rings. The number of carbonyl (C=O) groups is 1. The van der Waals surface area contributed by atoms with E-state index in [1.807, 2.05) is 0 Å². The number of anilines is 5. The Morgan fingerprint density at radius 3 is 2.41 bits per heavy atom. The van der Waals surface area contributed by atoms with Crippen molar-refractivity contribution in [3.05, 3.63) is 64.8 Å². The van der Waals surface area contributed by atoms with Crippen LogP contribution in [0.25, 0.3) is 0 Å². The summed E-state index contributed by atoms with van der Waals surface area (Å²) in [4.78, 5) is 19.1. The zero-order valence-electron chi connectivity index (χ0n) is 20.9. The standard InChI is InChI=1S/C24H27F3N6O3S/c1-14-6-7-17(21(10-14)33(4)37(5,35)36)12-28-22-19(24(25,26)27)13-29-23(32-22)31-18-8-9-20(15(2)11-18)30-16(3)34/h6-11,13H,12H2,1-5H3,(H,30,34)(H2,28,29,31,32). The van der Waals surface area contributed by atoms with Crippen LogP contribution < -0.4 is 20.3 Å². The van der Waals surface area contributed by atoms with Crippen LogP contribution in [-0.4, -0.2) is 37.6 Å². The van der Waals surface area contributed by atoms with Crippen molar-refractivity contribution in [2.75, 3.05) is 33.6 Å². The summed E-state index contributed by atoms with van der Waals surface area (Å²) in [6, 6.07) is 10.0. The molecule has 1 heterocycles. The first kappa shape index (κ1) is 27.7. The van der Waals surface area contributed by atoms with Crippen LogP contribution in [0.15, 0.2) is 42.6 Å². The first-order chi connectivity index (χ1) is 17.1. The van der Waals surface area contributed by atoms with Crippen molar-refractivity contribution in [2.24, 2.45) is 0 Å². The lowest BCUT2D eigenvalue weighted by Gasteiger charge is -2.22. The number of hydrogen-bond acceptors (Lipinski definition) is 7. The number of carbonyl (C=O) groups excluding carboxylic acids is 1. The molecule has 37 heavy (non-hydrogen) atoms. The van der Waals surface area contributed by atoms with Crippen LogP contribution >= 0.6 is 0 Å². The lowest BCUT2D eigenvalue weighted by atomic mass is 10.1. The normalized spacial score (nSPS) is 11.7. The molecule has 0 unspecified atom stereocenters. The van der Waals surface area contributed by atoms with Gasteiger partial charge in [0.25, 0.3) is 0 Å². The third kappa shape index (κ3) is 7.09. The molecular formula is C24H27F3N6O3S. The van der Waals surface area contributed by atoms with Crippen LogP contribution in [-0.2, 0) is 27.5 Å². The molecule has 0 aliphatic heterocycles. The molecule has 0 saturated carbocycles. The fraction of sp³-hybridized carbons (Fsp3) is 0.292. The van der Waals surface area contributed by atoms with E-state index in [0.717, 1.165) is 21.7 Å². The Morgan fingerprint density at radius 1 is 1.11 bits per heavy atom. The van der Waals surface area contributed by atoms with Gasteiger partial charge in [0.1, 0.15) is 11.4 Å². The highest BCUT2D eigenvalue weighted by Crippen LogP contribution is 2.35. The van der Waals surface area contributed by atoms with E-state index in [1.165, 1.54) is 14.0 Å². The zero-order valence-corrected chi connectivity index (χ0v) is 21.7. The van der Waals surface area contributed by atoms with Crippen molar-refractivity contribution in [1.82, 2.24) is 9.97 Å². The van der Waals surface area contributed by atoms with E-state index >= 15 is 0 Å². The number of nitrogens with zero attached hydrogens (tertiary/aromatic N) is 3. The van der Waals surface area contributed by atoms with Crippen molar-refractivity contribution >= 4 is 44.8 Å². The fourth-order valence-electron chi connectivity index (χ4n) is 3.46. The van der Waals surface area contributed by atoms with E-state index in [0.29, 0.717) is 28.8 Å². The van der Waals surface area contributed by atoms with Crippen molar-refractivity contribution in [2.45, 2.75) is 33.5 Å². The van der Waals surface area contributed by atoms with Gasteiger partial charge in [-0.2, -0.15) is 18.2 Å². The van der Waals surface area contributed by atoms with E-state index in [2.05, 4.69) is 25.9 Å². The molecule has 3 N–H and O–H groups in total. The second-order valence-corrected chi connectivity index (χ2v) is 10.5. The first-order valence-electron chi connectivity index (χ1n) is 11.0. The minimum atomic E-state index is -4.73. The van der Waals surface area contributed by atoms with Crippen LogP contribution in [0.2, 0.25) is 0 Å². The molecule has 0 radical (unpaired) electrons. The summed E-state index contributed by atoms with van der Waals surface area (Å²) in [5.74, 6) is -0.783. The van der Waals surface area contributed by atoms with E-state index in [9.17, 15) is 26.4 Å². The fourth-order valence-corrected chi connectivity index (χ4v) is 3.99. The second kappa shape index (κ2) is 10.6. The number of nitrogens with one attached hydrogen (secondary N) is 3. The Labute approximate surface area is 213 Å². The molecule has 13 heteroatoms. The molecule has 0 saturated heterocycles. The Balaban J connectivity index is 1.92. The molecule has 3 aromatic rings. The highest BCUT2D eigenvalue weighted by molar-refractivity contribution is 7.92. The lowest BCUT2D eigenvalue weighted by Crippen LogP contribution is -2.26. The van der Waals surface area contributed by atoms with Crippen LogP contribution in [0.3, 0.4) is 0 Å². The van der Waals surface area contributed by atoms with Gasteiger partial charge in [0, 0.05) is 38.1 Å². The van der Waals surface area contributed by atoms with E-state index < -0.39 is 27.6 Å². The van der Waals surface area contributed by atoms with Gasteiger partial charge < -0.3 is 16.0 Å². The van der Waals surface area contributed by atoms with E-state index in [4.69, 9.17) is 0 Å². The molecular weight excluding hydrogens is 509 g/mol. The highest BCUT2D eigenvalue weighted by atomic mass is 32.2. The molecule has 198 valence electrons. The number of rotatable bonds is 8. The topological polar surface area (TPSA) is 116 Å². The van der Waals surface area contributed by atoms with Gasteiger partial charge in [0.05, 0.1) is 11.9 Å². The molecule has 3 rings (SSSR count). The minimum absolute atomic E-state index is 0.0837. The molecule has 0 bridgehead atoms. The number of hydrogen-bond donors (Lipinski definition) is 3. The number of alkyl halides is 3. The SMILES string of the molecule is CC(=O)Nc1ccc(Nc2ncc(C(F)(F)F)c(NCc3ccc(C)cc3N(C)S(C)(=O)=O)n2)cc1C. The maximum Gasteiger partial charge on any atom is 0.421 e. The number of halogens is 3. The molecule has 1 amide bonds. The number of aromatic nitrogens is 2. The summed E-state index contributed by atoms with van der Waals surface area (Å²) in [6.07, 6.45) is -3.01. The van der Waals surface area contributed by atoms with Gasteiger partial charge in [-0.1, -0.05) is 12.1 Å². The average Bonchev–Trinajstić information content (AvgIpc) is 2.78. The Bertz CT molecular complexity index is 1430. The Hall–Kier alpha value is -3.87. The molecule has 0 fully saturated rings. The Kier molecular flexibility index (Phi) is 7.96. The highest BCUT2D eigenvalue weighted by Gasteiger charge is 2.35. The van der Waals surface area contributed by atoms with E-state index in [-0.39, 0.29) is 18.4 Å². The molecule has 0 spiro atoms. The summed E-state index contributed by atoms with van der Waals surface area (Å²) in [7, 11) is -2.22. The number of benzene rings is 2. The predicted molar refractivity (Wildman–Crippen MR) is 138 cm³/mol. The molecule has 9 nitrogen and oxygen atoms in total. The van der Waals surface area contributed by atoms with Crippen molar-refractivity contribution in [3.63, 3.8) is 0 Å². The maximum atomic E-state index is 13.7. The maximum absolute atomic E-state index is 13.7. The lowest BCUT2D eigenvalue weighted by molar-refractivity contribution is -0.137. The predicted octanol–water partition coefficient (Wildman–Crippen LogP) is 4.82. The third-order valence-corrected chi connectivity index (χ3v) is 6.60. The molecule has 0 atom stereocenters. The summed E-state index contributed by atoms with van der Waals surface area (Å²) in [6.45, 7) is 4.81. The van der Waals surface area contributed by atoms with Gasteiger partial charge in [0.15, 0.2) is 0 Å². The summed E-state index contributed by atoms with van der Waals surface area (Å²) in [5, 5.41) is 8.24. The average molecular weight is 537 g/mol. The second-order valence-electron chi connectivity index (χ2n) is 8.51. The van der Waals surface area contributed by atoms with Gasteiger partial charge in [0.2, 0.25) is 21.9 Å². The van der Waals surface area contributed by atoms with Crippen LogP contribution in [0.4, 0.5) is 42.0 Å². The van der Waals surface area contributed by atoms with Crippen molar-refractivity contribution < 1.29 is 26.4 Å². The summed E-state index contributed by atoms with van der Waals surface area (Å²) in [5.41, 5.74) is 2.36. The summed E-state index contributed by atoms with van der Waals surface area (Å²) < 4.78 is 66.3. The van der Waals surface area contributed by atoms with E-state index in [1.54, 1.807) is 50.2 Å². The summed E-state index contributed by atoms with van der Waals surface area (Å²) >= 11 is 0. The van der Waals surface area contributed by atoms with Gasteiger partial charge >= 0.3 is 6.18 Å². The van der Waals surface area contributed by atoms with Crippen LogP contribution in [0.1, 0.15) is 29.2 Å². The van der Waals surface area contributed by atoms with Gasteiger partial charge in [-0.15, -0.1) is 0 Å². The largest absolute Gasteiger partial charge is 0.421 e. The molecule has 0 aliphatic carbocycles. The van der Waals surface area contributed by atoms with Gasteiger partial charge in [-0.05, 0) is 54.8 Å². The smallest absolute Gasteiger partial charge is 0.365 e. The monoisotopic (exact) mass is 536 g/mol.